The Bertz CT molecular complexity index is 1770. The van der Waals surface area contributed by atoms with Crippen LogP contribution in [0.25, 0.3) is 0 Å². The number of carboxylic acid groups (broad SMARTS) is 2. The third-order valence-corrected chi connectivity index (χ3v) is 10.4. The van der Waals surface area contributed by atoms with Crippen molar-refractivity contribution in [1.82, 2.24) is 20.5 Å². The minimum atomic E-state index is -5.45. The number of thioether (sulfide) groups is 2. The minimum Gasteiger partial charge on any atom is -0.504 e. The molecule has 1 fully saturated rings. The number of benzene rings is 1. The van der Waals surface area contributed by atoms with Gasteiger partial charge in [0.15, 0.2) is 22.3 Å². The predicted molar refractivity (Wildman–Crippen MR) is 170 cm³/mol. The average molecular weight is 769 g/mol. The van der Waals surface area contributed by atoms with E-state index in [0.29, 0.717) is 11.3 Å². The molecule has 49 heavy (non-hydrogen) atoms. The van der Waals surface area contributed by atoms with E-state index >= 15 is 0 Å². The van der Waals surface area contributed by atoms with Gasteiger partial charge in [0.25, 0.3) is 17.7 Å². The summed E-state index contributed by atoms with van der Waals surface area (Å²) in [7, 11) is 0. The number of fused-ring (bicyclic) bond motifs is 1. The Balaban J connectivity index is 1.42. The van der Waals surface area contributed by atoms with Crippen molar-refractivity contribution in [3.63, 3.8) is 0 Å². The fourth-order valence-corrected chi connectivity index (χ4v) is 7.36. The summed E-state index contributed by atoms with van der Waals surface area (Å²) >= 11 is 9.01. The number of rotatable bonds is 13. The van der Waals surface area contributed by atoms with Gasteiger partial charge in [0.2, 0.25) is 0 Å². The van der Waals surface area contributed by atoms with Gasteiger partial charge in [0, 0.05) is 29.2 Å². The summed E-state index contributed by atoms with van der Waals surface area (Å²) in [6, 6.07) is 0.967. The number of nitrogens with one attached hydrogen (secondary N) is 2. The molecule has 1 aromatic carbocycles. The summed E-state index contributed by atoms with van der Waals surface area (Å²) in [4.78, 5) is 71.3. The van der Waals surface area contributed by atoms with E-state index in [2.05, 4.69) is 25.6 Å². The number of nitrogen functional groups attached to an aromatic ring is 1. The highest BCUT2D eigenvalue weighted by molar-refractivity contribution is 8.01. The Labute approximate surface area is 290 Å². The standard InChI is InChI=1S/C26H24ClF3N6O10S3/c1-25(23(44)45,26(28,29)30)46-35-14(11-8-49-24(31)33-11)19(40)34-15-20(41)36-16(22(42)43)9(7-48-21(15)36)6-47-5-4-32-18(39)10-2-3-12(37)17(38)13(10)27/h2-3,8,15,21,37-38H,4-7H2,1H3,(H2,31,33)(H,32,39)(H,34,40)(H,42,43)(H,44,45)/b35-14-/t15-,21-,25-/m1/s1. The number of carbonyl (C=O) groups excluding carboxylic acids is 3. The largest absolute Gasteiger partial charge is 0.504 e. The first kappa shape index (κ1) is 37.4. The number of phenols is 2. The first-order chi connectivity index (χ1) is 22.9. The zero-order chi connectivity index (χ0) is 36.4. The van der Waals surface area contributed by atoms with Crippen molar-refractivity contribution in [3.8, 4) is 11.5 Å². The van der Waals surface area contributed by atoms with E-state index in [-0.39, 0.29) is 52.1 Å². The highest BCUT2D eigenvalue weighted by Crippen LogP contribution is 2.41. The number of thiazole rings is 1. The van der Waals surface area contributed by atoms with Crippen LogP contribution >= 0.6 is 46.5 Å². The van der Waals surface area contributed by atoms with Crippen LogP contribution in [0.3, 0.4) is 0 Å². The van der Waals surface area contributed by atoms with Crippen molar-refractivity contribution in [2.75, 3.05) is 29.5 Å². The summed E-state index contributed by atoms with van der Waals surface area (Å²) in [6.07, 6.45) is -5.45. The highest BCUT2D eigenvalue weighted by atomic mass is 35.5. The van der Waals surface area contributed by atoms with Crippen LogP contribution in [0.5, 0.6) is 11.5 Å². The molecule has 16 nitrogen and oxygen atoms in total. The predicted octanol–water partition coefficient (Wildman–Crippen LogP) is 1.82. The molecular weight excluding hydrogens is 745 g/mol. The van der Waals surface area contributed by atoms with E-state index in [4.69, 9.17) is 22.4 Å². The molecule has 0 spiro atoms. The van der Waals surface area contributed by atoms with Gasteiger partial charge in [-0.2, -0.15) is 24.9 Å². The lowest BCUT2D eigenvalue weighted by Crippen LogP contribution is -2.71. The molecule has 2 aliphatic rings. The van der Waals surface area contributed by atoms with E-state index in [1.165, 1.54) is 17.8 Å². The van der Waals surface area contributed by atoms with Gasteiger partial charge in [-0.05, 0) is 24.6 Å². The maximum absolute atomic E-state index is 13.5. The monoisotopic (exact) mass is 768 g/mol. The molecule has 0 bridgehead atoms. The molecule has 4 rings (SSSR count). The number of hydrogen-bond acceptors (Lipinski definition) is 14. The molecule has 1 saturated heterocycles. The molecule has 0 unspecified atom stereocenters. The molecule has 3 heterocycles. The van der Waals surface area contributed by atoms with Crippen LogP contribution in [0, 0.1) is 0 Å². The molecule has 0 radical (unpaired) electrons. The normalized spacial score (nSPS) is 19.0. The van der Waals surface area contributed by atoms with Crippen LogP contribution in [0.15, 0.2) is 33.9 Å². The number of halogens is 4. The number of phenolic OH excluding ortho intramolecular Hbond substituents is 2. The minimum absolute atomic E-state index is 0.0767. The maximum Gasteiger partial charge on any atom is 0.442 e. The van der Waals surface area contributed by atoms with Crippen molar-refractivity contribution < 1.29 is 62.4 Å². The van der Waals surface area contributed by atoms with Crippen molar-refractivity contribution in [1.29, 1.82) is 0 Å². The summed E-state index contributed by atoms with van der Waals surface area (Å²) in [5.74, 6) is -7.23. The Morgan fingerprint density at radius 3 is 2.53 bits per heavy atom. The van der Waals surface area contributed by atoms with Gasteiger partial charge in [-0.25, -0.2) is 14.6 Å². The van der Waals surface area contributed by atoms with E-state index in [1.54, 1.807) is 0 Å². The number of aromatic hydroxyl groups is 2. The molecule has 264 valence electrons. The fraction of sp³-hybridized carbons (Fsp3) is 0.346. The van der Waals surface area contributed by atoms with Crippen molar-refractivity contribution in [2.24, 2.45) is 5.16 Å². The smallest absolute Gasteiger partial charge is 0.442 e. The number of carbonyl (C=O) groups is 5. The third kappa shape index (κ3) is 7.60. The molecule has 0 saturated carbocycles. The number of alkyl halides is 3. The van der Waals surface area contributed by atoms with Crippen LogP contribution in [0.2, 0.25) is 5.02 Å². The number of nitrogens with two attached hydrogens (primary N) is 1. The molecular formula is C26H24ClF3N6O10S3. The number of carboxylic acids is 2. The number of oxime groups is 1. The Kier molecular flexibility index (Phi) is 11.1. The van der Waals surface area contributed by atoms with Gasteiger partial charge in [0.05, 0.1) is 10.6 Å². The second-order valence-corrected chi connectivity index (χ2v) is 13.6. The van der Waals surface area contributed by atoms with Gasteiger partial charge in [-0.3, -0.25) is 19.3 Å². The Morgan fingerprint density at radius 1 is 1.24 bits per heavy atom. The molecule has 2 aliphatic heterocycles. The first-order valence-electron chi connectivity index (χ1n) is 13.4. The lowest BCUT2D eigenvalue weighted by atomic mass is 10.0. The van der Waals surface area contributed by atoms with Gasteiger partial charge in [-0.1, -0.05) is 16.8 Å². The molecule has 3 atom stereocenters. The number of aromatic nitrogens is 1. The highest BCUT2D eigenvalue weighted by Gasteiger charge is 2.61. The van der Waals surface area contributed by atoms with Crippen LogP contribution < -0.4 is 16.4 Å². The van der Waals surface area contributed by atoms with E-state index in [1.807, 2.05) is 0 Å². The van der Waals surface area contributed by atoms with Crippen LogP contribution in [-0.2, 0) is 24.0 Å². The van der Waals surface area contributed by atoms with Gasteiger partial charge >= 0.3 is 23.7 Å². The molecule has 0 aliphatic carbocycles. The van der Waals surface area contributed by atoms with Crippen LogP contribution in [0.4, 0.5) is 18.3 Å². The Morgan fingerprint density at radius 2 is 1.94 bits per heavy atom. The third-order valence-electron chi connectivity index (χ3n) is 6.93. The van der Waals surface area contributed by atoms with Crippen molar-refractivity contribution in [2.45, 2.75) is 30.1 Å². The van der Waals surface area contributed by atoms with Crippen LogP contribution in [0.1, 0.15) is 23.0 Å². The van der Waals surface area contributed by atoms with E-state index in [9.17, 15) is 52.5 Å². The summed E-state index contributed by atoms with van der Waals surface area (Å²) in [5, 5.41) is 46.0. The average Bonchev–Trinajstić information content (AvgIpc) is 3.46. The van der Waals surface area contributed by atoms with E-state index in [0.717, 1.165) is 39.4 Å². The van der Waals surface area contributed by atoms with Crippen LogP contribution in [-0.4, -0.2) is 113 Å². The summed E-state index contributed by atoms with van der Waals surface area (Å²) < 4.78 is 40.4. The number of aliphatic carboxylic acids is 2. The van der Waals surface area contributed by atoms with Crippen molar-refractivity contribution >= 4 is 87.0 Å². The lowest BCUT2D eigenvalue weighted by molar-refractivity contribution is -0.269. The summed E-state index contributed by atoms with van der Waals surface area (Å²) in [6.45, 7) is 0.290. The van der Waals surface area contributed by atoms with Crippen molar-refractivity contribution in [3.05, 3.63) is 45.1 Å². The fourth-order valence-electron chi connectivity index (χ4n) is 4.21. The number of β-lactam (4-membered cyclic amide) rings is 1. The maximum atomic E-state index is 13.5. The second-order valence-electron chi connectivity index (χ2n) is 10.2. The zero-order valence-corrected chi connectivity index (χ0v) is 27.8. The quantitative estimate of drug-likeness (QED) is 0.0505. The second kappa shape index (κ2) is 14.6. The molecule has 23 heteroatoms. The van der Waals surface area contributed by atoms with E-state index < -0.39 is 70.1 Å². The lowest BCUT2D eigenvalue weighted by Gasteiger charge is -2.49. The molecule has 3 amide bonds. The van der Waals surface area contributed by atoms with Gasteiger partial charge < -0.3 is 41.6 Å². The number of anilines is 1. The number of hydrogen-bond donors (Lipinski definition) is 7. The number of nitrogens with zero attached hydrogens (tertiary/aromatic N) is 3. The topological polar surface area (TPSA) is 254 Å². The van der Waals surface area contributed by atoms with Gasteiger partial charge in [0.1, 0.15) is 22.8 Å². The van der Waals surface area contributed by atoms with Gasteiger partial charge in [-0.15, -0.1) is 23.1 Å². The molecule has 1 aromatic heterocycles. The molecule has 8 N–H and O–H groups in total. The molecule has 2 aromatic rings. The summed E-state index contributed by atoms with van der Waals surface area (Å²) in [5.41, 5.74) is 0.382. The first-order valence-corrected chi connectivity index (χ1v) is 16.9. The SMILES string of the molecule is C[C@@](O/N=C(\C(=O)N[C@@H]1C(=O)N2C(C(=O)O)=C(CSCCNC(=O)c3ccc(O)c(O)c3Cl)CS[C@H]12)c1csc(N)n1)(C(=O)O)C(F)(F)F. The number of amides is 3. The Hall–Kier alpha value is -4.41. The zero-order valence-electron chi connectivity index (χ0n) is 24.6.